The average molecular weight is 241 g/mol. The molecule has 0 aliphatic heterocycles. The molecule has 0 saturated heterocycles. The molecular weight excluding hydrogens is 229 g/mol. The summed E-state index contributed by atoms with van der Waals surface area (Å²) in [6, 6.07) is 5.78. The van der Waals surface area contributed by atoms with Gasteiger partial charge in [-0.25, -0.2) is 4.98 Å². The molecule has 2 aromatic rings. The number of nitrogens with zero attached hydrogens (tertiary/aromatic N) is 2. The van der Waals surface area contributed by atoms with Gasteiger partial charge in [-0.3, -0.25) is 0 Å². The molecule has 0 aliphatic rings. The number of hydrogen-bond donors (Lipinski definition) is 1. The first-order chi connectivity index (χ1) is 7.75. The maximum Gasteiger partial charge on any atom is 1.00 e. The van der Waals surface area contributed by atoms with Gasteiger partial charge in [-0.2, -0.15) is 0 Å². The standard InChI is InChI=1S/C11H13N3O2.Na/c15-11(16)4-5-12-7-9-8-14-6-2-1-3-10(14)13-9;/h1-3,6,8,12H,4-5,7H2,(H,15,16);/q;+1/p-1. The van der Waals surface area contributed by atoms with Crippen LogP contribution in [0.25, 0.3) is 5.65 Å². The van der Waals surface area contributed by atoms with Crippen LogP contribution in [0.4, 0.5) is 0 Å². The van der Waals surface area contributed by atoms with Crippen molar-refractivity contribution in [1.29, 1.82) is 0 Å². The van der Waals surface area contributed by atoms with E-state index in [0.717, 1.165) is 11.3 Å². The summed E-state index contributed by atoms with van der Waals surface area (Å²) >= 11 is 0. The summed E-state index contributed by atoms with van der Waals surface area (Å²) < 4.78 is 1.93. The van der Waals surface area contributed by atoms with Crippen molar-refractivity contribution in [2.24, 2.45) is 0 Å². The van der Waals surface area contributed by atoms with Gasteiger partial charge in [0.25, 0.3) is 0 Å². The fourth-order valence-electron chi connectivity index (χ4n) is 1.48. The molecule has 0 radical (unpaired) electrons. The number of carbonyl (C=O) groups is 1. The summed E-state index contributed by atoms with van der Waals surface area (Å²) in [4.78, 5) is 14.5. The van der Waals surface area contributed by atoms with Crippen molar-refractivity contribution in [1.82, 2.24) is 14.7 Å². The normalized spacial score (nSPS) is 10.1. The molecule has 0 unspecified atom stereocenters. The maximum atomic E-state index is 10.2. The van der Waals surface area contributed by atoms with Crippen LogP contribution in [0.5, 0.6) is 0 Å². The topological polar surface area (TPSA) is 69.5 Å². The number of hydrogen-bond acceptors (Lipinski definition) is 4. The van der Waals surface area contributed by atoms with Gasteiger partial charge >= 0.3 is 29.6 Å². The van der Waals surface area contributed by atoms with Crippen molar-refractivity contribution in [3.8, 4) is 0 Å². The largest absolute Gasteiger partial charge is 1.00 e. The number of fused-ring (bicyclic) bond motifs is 1. The Hall–Kier alpha value is -0.880. The van der Waals surface area contributed by atoms with Crippen LogP contribution in [0, 0.1) is 0 Å². The van der Waals surface area contributed by atoms with E-state index in [9.17, 15) is 9.90 Å². The van der Waals surface area contributed by atoms with E-state index in [0.29, 0.717) is 13.1 Å². The van der Waals surface area contributed by atoms with Crippen LogP contribution in [0.1, 0.15) is 12.1 Å². The van der Waals surface area contributed by atoms with E-state index in [1.165, 1.54) is 0 Å². The third kappa shape index (κ3) is 4.12. The zero-order chi connectivity index (χ0) is 11.4. The third-order valence-corrected chi connectivity index (χ3v) is 2.23. The number of carbonyl (C=O) groups excluding carboxylic acids is 1. The van der Waals surface area contributed by atoms with Gasteiger partial charge in [0.2, 0.25) is 0 Å². The predicted octanol–water partition coefficient (Wildman–Crippen LogP) is -3.43. The van der Waals surface area contributed by atoms with Crippen LogP contribution in [0.15, 0.2) is 30.6 Å². The van der Waals surface area contributed by atoms with Gasteiger partial charge in [0.05, 0.1) is 5.69 Å². The molecule has 0 saturated carbocycles. The number of imidazole rings is 1. The van der Waals surface area contributed by atoms with E-state index in [2.05, 4.69) is 10.3 Å². The van der Waals surface area contributed by atoms with Crippen LogP contribution in [0.3, 0.4) is 0 Å². The molecule has 1 N–H and O–H groups in total. The van der Waals surface area contributed by atoms with Gasteiger partial charge in [-0.05, 0) is 18.6 Å². The van der Waals surface area contributed by atoms with Gasteiger partial charge in [-0.1, -0.05) is 6.07 Å². The van der Waals surface area contributed by atoms with Crippen LogP contribution < -0.4 is 40.0 Å². The van der Waals surface area contributed by atoms with Gasteiger partial charge in [0.1, 0.15) is 5.65 Å². The van der Waals surface area contributed by atoms with Crippen molar-refractivity contribution in [3.05, 3.63) is 36.3 Å². The molecule has 0 aromatic carbocycles. The van der Waals surface area contributed by atoms with Crippen LogP contribution in [-0.4, -0.2) is 21.9 Å². The van der Waals surface area contributed by atoms with Crippen LogP contribution >= 0.6 is 0 Å². The van der Waals surface area contributed by atoms with Gasteiger partial charge in [0.15, 0.2) is 0 Å². The van der Waals surface area contributed by atoms with Crippen molar-refractivity contribution in [2.75, 3.05) is 6.54 Å². The third-order valence-electron chi connectivity index (χ3n) is 2.23. The smallest absolute Gasteiger partial charge is 0.550 e. The zero-order valence-electron chi connectivity index (χ0n) is 9.72. The van der Waals surface area contributed by atoms with E-state index in [4.69, 9.17) is 0 Å². The van der Waals surface area contributed by atoms with E-state index in [1.807, 2.05) is 35.0 Å². The molecule has 0 aliphatic carbocycles. The first-order valence-corrected chi connectivity index (χ1v) is 5.09. The Morgan fingerprint density at radius 2 is 2.29 bits per heavy atom. The second-order valence-electron chi connectivity index (χ2n) is 3.50. The number of carboxylic acid groups (broad SMARTS) is 1. The van der Waals surface area contributed by atoms with Crippen LogP contribution in [-0.2, 0) is 11.3 Å². The molecule has 0 bridgehead atoms. The maximum absolute atomic E-state index is 10.2. The fraction of sp³-hybridized carbons (Fsp3) is 0.273. The Morgan fingerprint density at radius 3 is 3.00 bits per heavy atom. The zero-order valence-corrected chi connectivity index (χ0v) is 11.7. The molecule has 0 amide bonds. The minimum Gasteiger partial charge on any atom is -0.550 e. The number of aromatic nitrogens is 2. The Kier molecular flexibility index (Phi) is 5.64. The molecule has 84 valence electrons. The molecular formula is C11H12N3NaO2. The number of pyridine rings is 1. The molecule has 0 fully saturated rings. The Morgan fingerprint density at radius 1 is 1.47 bits per heavy atom. The predicted molar refractivity (Wildman–Crippen MR) is 56.5 cm³/mol. The quantitative estimate of drug-likeness (QED) is 0.437. The molecule has 0 spiro atoms. The Balaban J connectivity index is 0.00000144. The second-order valence-corrected chi connectivity index (χ2v) is 3.50. The molecule has 2 aromatic heterocycles. The van der Waals surface area contributed by atoms with E-state index < -0.39 is 5.97 Å². The molecule has 6 heteroatoms. The van der Waals surface area contributed by atoms with E-state index >= 15 is 0 Å². The Bertz CT molecular complexity index is 465. The summed E-state index contributed by atoms with van der Waals surface area (Å²) in [6.45, 7) is 0.963. The summed E-state index contributed by atoms with van der Waals surface area (Å²) in [5.41, 5.74) is 1.78. The fourth-order valence-corrected chi connectivity index (χ4v) is 1.48. The molecule has 17 heavy (non-hydrogen) atoms. The van der Waals surface area contributed by atoms with Gasteiger partial charge in [-0.15, -0.1) is 0 Å². The van der Waals surface area contributed by atoms with Crippen molar-refractivity contribution >= 4 is 11.6 Å². The monoisotopic (exact) mass is 241 g/mol. The number of carboxylic acids is 1. The van der Waals surface area contributed by atoms with Crippen LogP contribution in [0.2, 0.25) is 0 Å². The summed E-state index contributed by atoms with van der Waals surface area (Å²) in [6.07, 6.45) is 3.86. The van der Waals surface area contributed by atoms with Crippen molar-refractivity contribution in [2.45, 2.75) is 13.0 Å². The minimum atomic E-state index is -1.04. The second kappa shape index (κ2) is 6.76. The molecule has 0 atom stereocenters. The number of rotatable bonds is 5. The summed E-state index contributed by atoms with van der Waals surface area (Å²) in [5.74, 6) is -1.04. The molecule has 5 nitrogen and oxygen atoms in total. The first kappa shape index (κ1) is 14.2. The molecule has 2 heterocycles. The van der Waals surface area contributed by atoms with Gasteiger partial charge < -0.3 is 19.6 Å². The van der Waals surface area contributed by atoms with Gasteiger partial charge in [0, 0.05) is 31.5 Å². The average Bonchev–Trinajstić information content (AvgIpc) is 2.66. The Labute approximate surface area is 121 Å². The van der Waals surface area contributed by atoms with Crippen molar-refractivity contribution < 1.29 is 39.5 Å². The first-order valence-electron chi connectivity index (χ1n) is 5.09. The molecule has 2 rings (SSSR count). The van der Waals surface area contributed by atoms with Crippen molar-refractivity contribution in [3.63, 3.8) is 0 Å². The minimum absolute atomic E-state index is 0. The summed E-state index contributed by atoms with van der Waals surface area (Å²) in [7, 11) is 0. The van der Waals surface area contributed by atoms with E-state index in [1.54, 1.807) is 0 Å². The number of nitrogens with one attached hydrogen (secondary N) is 1. The summed E-state index contributed by atoms with van der Waals surface area (Å²) in [5, 5.41) is 13.2. The number of aliphatic carboxylic acids is 1. The SMILES string of the molecule is O=C([O-])CCNCc1cn2ccccc2n1.[Na+]. The van der Waals surface area contributed by atoms with E-state index in [-0.39, 0.29) is 36.0 Å².